The predicted molar refractivity (Wildman–Crippen MR) is 95.5 cm³/mol. The normalized spacial score (nSPS) is 10.7. The van der Waals surface area contributed by atoms with E-state index in [2.05, 4.69) is 10.6 Å². The van der Waals surface area contributed by atoms with Crippen molar-refractivity contribution in [1.82, 2.24) is 0 Å². The summed E-state index contributed by atoms with van der Waals surface area (Å²) in [7, 11) is 0. The number of halogens is 2. The SMILES string of the molecule is N#C/C(=C/Nc1ccccc1[N+](=O)[O-])C(=O)Nc1ccc(Cl)cc1Cl. The fraction of sp³-hybridized carbons (Fsp3) is 0. The second-order valence-electron chi connectivity index (χ2n) is 4.67. The number of nitro benzene ring substituents is 1. The monoisotopic (exact) mass is 376 g/mol. The summed E-state index contributed by atoms with van der Waals surface area (Å²) in [6, 6.07) is 12.0. The topological polar surface area (TPSA) is 108 Å². The number of nitrogens with zero attached hydrogens (tertiary/aromatic N) is 2. The number of hydrogen-bond donors (Lipinski definition) is 2. The Morgan fingerprint density at radius 2 is 1.92 bits per heavy atom. The summed E-state index contributed by atoms with van der Waals surface area (Å²) in [6.07, 6.45) is 1.08. The number of nitrogens with one attached hydrogen (secondary N) is 2. The molecule has 2 aromatic carbocycles. The van der Waals surface area contributed by atoms with E-state index < -0.39 is 10.8 Å². The van der Waals surface area contributed by atoms with Gasteiger partial charge in [0.25, 0.3) is 11.6 Å². The van der Waals surface area contributed by atoms with Crippen LogP contribution >= 0.6 is 23.2 Å². The number of anilines is 2. The molecule has 0 unspecified atom stereocenters. The van der Waals surface area contributed by atoms with Crippen molar-refractivity contribution in [3.05, 3.63) is 74.4 Å². The molecule has 0 saturated heterocycles. The quantitative estimate of drug-likeness (QED) is 0.348. The van der Waals surface area contributed by atoms with E-state index in [0.29, 0.717) is 5.02 Å². The Kier molecular flexibility index (Phi) is 5.95. The van der Waals surface area contributed by atoms with Crippen LogP contribution in [-0.2, 0) is 4.79 Å². The van der Waals surface area contributed by atoms with E-state index in [1.807, 2.05) is 0 Å². The van der Waals surface area contributed by atoms with Crippen LogP contribution < -0.4 is 10.6 Å². The summed E-state index contributed by atoms with van der Waals surface area (Å²) >= 11 is 11.7. The molecular formula is C16H10Cl2N4O3. The van der Waals surface area contributed by atoms with Gasteiger partial charge in [-0.15, -0.1) is 0 Å². The van der Waals surface area contributed by atoms with Crippen molar-refractivity contribution in [2.75, 3.05) is 10.6 Å². The summed E-state index contributed by atoms with van der Waals surface area (Å²) < 4.78 is 0. The van der Waals surface area contributed by atoms with Gasteiger partial charge >= 0.3 is 0 Å². The molecule has 126 valence electrons. The van der Waals surface area contributed by atoms with Crippen molar-refractivity contribution in [3.63, 3.8) is 0 Å². The third-order valence-corrected chi connectivity index (χ3v) is 3.56. The number of amides is 1. The molecule has 9 heteroatoms. The van der Waals surface area contributed by atoms with Crippen molar-refractivity contribution >= 4 is 46.2 Å². The standard InChI is InChI=1S/C16H10Cl2N4O3/c17-11-5-6-13(12(18)7-11)21-16(23)10(8-19)9-20-14-3-1-2-4-15(14)22(24)25/h1-7,9,20H,(H,21,23)/b10-9-. The maximum atomic E-state index is 12.2. The van der Waals surface area contributed by atoms with Crippen LogP contribution in [0.4, 0.5) is 17.1 Å². The number of benzene rings is 2. The highest BCUT2D eigenvalue weighted by molar-refractivity contribution is 6.36. The van der Waals surface area contributed by atoms with Gasteiger partial charge in [-0.05, 0) is 24.3 Å². The highest BCUT2D eigenvalue weighted by Gasteiger charge is 2.14. The summed E-state index contributed by atoms with van der Waals surface area (Å²) in [5.41, 5.74) is -0.0400. The van der Waals surface area contributed by atoms with E-state index in [9.17, 15) is 14.9 Å². The van der Waals surface area contributed by atoms with E-state index in [1.165, 1.54) is 36.4 Å². The van der Waals surface area contributed by atoms with Crippen molar-refractivity contribution in [2.45, 2.75) is 0 Å². The lowest BCUT2D eigenvalue weighted by molar-refractivity contribution is -0.383. The highest BCUT2D eigenvalue weighted by atomic mass is 35.5. The number of nitriles is 1. The van der Waals surface area contributed by atoms with Gasteiger partial charge in [-0.1, -0.05) is 35.3 Å². The molecule has 0 radical (unpaired) electrons. The van der Waals surface area contributed by atoms with E-state index >= 15 is 0 Å². The number of nitro groups is 1. The van der Waals surface area contributed by atoms with Gasteiger partial charge in [0.15, 0.2) is 0 Å². The molecule has 1 amide bonds. The number of carbonyl (C=O) groups excluding carboxylic acids is 1. The summed E-state index contributed by atoms with van der Waals surface area (Å²) in [4.78, 5) is 22.5. The van der Waals surface area contributed by atoms with Gasteiger partial charge < -0.3 is 10.6 Å². The maximum absolute atomic E-state index is 12.2. The van der Waals surface area contributed by atoms with Gasteiger partial charge in [0.2, 0.25) is 0 Å². The van der Waals surface area contributed by atoms with Gasteiger partial charge in [-0.2, -0.15) is 5.26 Å². The first-order valence-corrected chi connectivity index (χ1v) is 7.54. The zero-order chi connectivity index (χ0) is 18.4. The van der Waals surface area contributed by atoms with Gasteiger partial charge in [-0.3, -0.25) is 14.9 Å². The minimum atomic E-state index is -0.724. The molecule has 2 rings (SSSR count). The molecule has 2 N–H and O–H groups in total. The van der Waals surface area contributed by atoms with Gasteiger partial charge in [0.05, 0.1) is 15.6 Å². The number of carbonyl (C=O) groups is 1. The molecule has 7 nitrogen and oxygen atoms in total. The van der Waals surface area contributed by atoms with E-state index in [-0.39, 0.29) is 27.7 Å². The van der Waals surface area contributed by atoms with Gasteiger partial charge in [0.1, 0.15) is 17.3 Å². The lowest BCUT2D eigenvalue weighted by Gasteiger charge is -2.07. The molecule has 25 heavy (non-hydrogen) atoms. The summed E-state index contributed by atoms with van der Waals surface area (Å²) in [5.74, 6) is -0.724. The van der Waals surface area contributed by atoms with Crippen LogP contribution in [0.15, 0.2) is 54.2 Å². The van der Waals surface area contributed by atoms with Crippen molar-refractivity contribution in [3.8, 4) is 6.07 Å². The molecule has 0 heterocycles. The molecular weight excluding hydrogens is 367 g/mol. The predicted octanol–water partition coefficient (Wildman–Crippen LogP) is 4.36. The van der Waals surface area contributed by atoms with Crippen molar-refractivity contribution in [2.24, 2.45) is 0 Å². The molecule has 0 bridgehead atoms. The molecule has 0 aromatic heterocycles. The van der Waals surface area contributed by atoms with E-state index in [1.54, 1.807) is 12.1 Å². The Morgan fingerprint density at radius 3 is 2.56 bits per heavy atom. The second-order valence-corrected chi connectivity index (χ2v) is 5.51. The molecule has 0 fully saturated rings. The fourth-order valence-corrected chi connectivity index (χ4v) is 2.29. The molecule has 0 atom stereocenters. The van der Waals surface area contributed by atoms with E-state index in [4.69, 9.17) is 28.5 Å². The maximum Gasteiger partial charge on any atom is 0.292 e. The van der Waals surface area contributed by atoms with Crippen LogP contribution in [0.2, 0.25) is 10.0 Å². The molecule has 0 saturated carbocycles. The van der Waals surface area contributed by atoms with Crippen LogP contribution in [0.3, 0.4) is 0 Å². The first kappa shape index (κ1) is 18.3. The zero-order valence-electron chi connectivity index (χ0n) is 12.5. The molecule has 0 aliphatic carbocycles. The molecule has 2 aromatic rings. The first-order valence-electron chi connectivity index (χ1n) is 6.79. The Hall–Kier alpha value is -3.08. The van der Waals surface area contributed by atoms with Crippen molar-refractivity contribution < 1.29 is 9.72 Å². The average molecular weight is 377 g/mol. The Labute approximate surface area is 152 Å². The molecule has 0 aliphatic heterocycles. The van der Waals surface area contributed by atoms with Crippen molar-refractivity contribution in [1.29, 1.82) is 5.26 Å². The molecule has 0 aliphatic rings. The number of hydrogen-bond acceptors (Lipinski definition) is 5. The minimum absolute atomic E-state index is 0.151. The van der Waals surface area contributed by atoms with E-state index in [0.717, 1.165) is 6.20 Å². The van der Waals surface area contributed by atoms with Gasteiger partial charge in [-0.25, -0.2) is 0 Å². The van der Waals surface area contributed by atoms with Crippen LogP contribution in [-0.4, -0.2) is 10.8 Å². The summed E-state index contributed by atoms with van der Waals surface area (Å²) in [6.45, 7) is 0. The fourth-order valence-electron chi connectivity index (χ4n) is 1.83. The molecule has 0 spiro atoms. The minimum Gasteiger partial charge on any atom is -0.355 e. The second kappa shape index (κ2) is 8.15. The number of para-hydroxylation sites is 2. The Balaban J connectivity index is 2.19. The number of rotatable bonds is 5. The lowest BCUT2D eigenvalue weighted by atomic mass is 10.2. The third kappa shape index (κ3) is 4.70. The van der Waals surface area contributed by atoms with Gasteiger partial charge in [0, 0.05) is 17.3 Å². The third-order valence-electron chi connectivity index (χ3n) is 3.02. The van der Waals surface area contributed by atoms with Crippen LogP contribution in [0.5, 0.6) is 0 Å². The smallest absolute Gasteiger partial charge is 0.292 e. The average Bonchev–Trinajstić information content (AvgIpc) is 2.58. The Morgan fingerprint density at radius 1 is 1.20 bits per heavy atom. The van der Waals surface area contributed by atoms with Crippen LogP contribution in [0, 0.1) is 21.4 Å². The lowest BCUT2D eigenvalue weighted by Crippen LogP contribution is -2.15. The Bertz CT molecular complexity index is 906. The largest absolute Gasteiger partial charge is 0.355 e. The van der Waals surface area contributed by atoms with Crippen LogP contribution in [0.1, 0.15) is 0 Å². The summed E-state index contributed by atoms with van der Waals surface area (Å²) in [5, 5.41) is 25.8. The highest BCUT2D eigenvalue weighted by Crippen LogP contribution is 2.26. The van der Waals surface area contributed by atoms with Crippen LogP contribution in [0.25, 0.3) is 0 Å². The first-order chi connectivity index (χ1) is 11.9. The zero-order valence-corrected chi connectivity index (χ0v) is 14.0.